The zero-order valence-electron chi connectivity index (χ0n) is 9.60. The van der Waals surface area contributed by atoms with Crippen LogP contribution in [0, 0.1) is 6.92 Å². The van der Waals surface area contributed by atoms with Gasteiger partial charge in [0.1, 0.15) is 11.3 Å². The summed E-state index contributed by atoms with van der Waals surface area (Å²) < 4.78 is 5.03. The van der Waals surface area contributed by atoms with Crippen LogP contribution in [0.15, 0.2) is 22.9 Å². The quantitative estimate of drug-likeness (QED) is 0.878. The SMILES string of the molecule is CCc1onc(-c2ccc(C)nc2)c1C(=O)O. The number of aromatic nitrogens is 2. The summed E-state index contributed by atoms with van der Waals surface area (Å²) in [5.41, 5.74) is 1.97. The standard InChI is InChI=1S/C12H12N2O3/c1-3-9-10(12(15)16)11(14-17-9)8-5-4-7(2)13-6-8/h4-6H,3H2,1-2H3,(H,15,16). The van der Waals surface area contributed by atoms with Crippen molar-refractivity contribution < 1.29 is 14.4 Å². The highest BCUT2D eigenvalue weighted by Gasteiger charge is 2.22. The van der Waals surface area contributed by atoms with Crippen LogP contribution in [-0.2, 0) is 6.42 Å². The summed E-state index contributed by atoms with van der Waals surface area (Å²) in [5.74, 6) is -0.647. The molecular weight excluding hydrogens is 220 g/mol. The highest BCUT2D eigenvalue weighted by molar-refractivity contribution is 5.95. The predicted molar refractivity (Wildman–Crippen MR) is 60.8 cm³/mol. The molecule has 0 aliphatic carbocycles. The van der Waals surface area contributed by atoms with Gasteiger partial charge in [0, 0.05) is 23.9 Å². The molecule has 88 valence electrons. The third kappa shape index (κ3) is 2.04. The normalized spacial score (nSPS) is 10.5. The van der Waals surface area contributed by atoms with Crippen molar-refractivity contribution in [3.05, 3.63) is 35.3 Å². The third-order valence-corrected chi connectivity index (χ3v) is 2.48. The van der Waals surface area contributed by atoms with Crippen molar-refractivity contribution in [2.75, 3.05) is 0 Å². The first-order valence-electron chi connectivity index (χ1n) is 5.28. The summed E-state index contributed by atoms with van der Waals surface area (Å²) in [7, 11) is 0. The second-order valence-corrected chi connectivity index (χ2v) is 3.68. The zero-order chi connectivity index (χ0) is 12.4. The molecule has 0 unspecified atom stereocenters. The zero-order valence-corrected chi connectivity index (χ0v) is 9.60. The van der Waals surface area contributed by atoms with Crippen LogP contribution in [0.1, 0.15) is 28.7 Å². The molecule has 17 heavy (non-hydrogen) atoms. The second kappa shape index (κ2) is 4.37. The average Bonchev–Trinajstić information content (AvgIpc) is 2.73. The molecular formula is C12H12N2O3. The minimum absolute atomic E-state index is 0.123. The molecule has 0 saturated carbocycles. The summed E-state index contributed by atoms with van der Waals surface area (Å²) in [6, 6.07) is 3.59. The van der Waals surface area contributed by atoms with Crippen LogP contribution >= 0.6 is 0 Å². The predicted octanol–water partition coefficient (Wildman–Crippen LogP) is 2.31. The number of hydrogen-bond acceptors (Lipinski definition) is 4. The lowest BCUT2D eigenvalue weighted by atomic mass is 10.1. The van der Waals surface area contributed by atoms with Gasteiger partial charge in [0.05, 0.1) is 0 Å². The summed E-state index contributed by atoms with van der Waals surface area (Å²) in [6.45, 7) is 3.69. The molecule has 0 aromatic carbocycles. The van der Waals surface area contributed by atoms with Gasteiger partial charge in [-0.15, -0.1) is 0 Å². The summed E-state index contributed by atoms with van der Waals surface area (Å²) >= 11 is 0. The van der Waals surface area contributed by atoms with Gasteiger partial charge in [-0.3, -0.25) is 4.98 Å². The topological polar surface area (TPSA) is 76.2 Å². The lowest BCUT2D eigenvalue weighted by Gasteiger charge is -1.98. The van der Waals surface area contributed by atoms with Crippen molar-refractivity contribution in [2.45, 2.75) is 20.3 Å². The molecule has 5 heteroatoms. The Labute approximate surface area is 98.1 Å². The van der Waals surface area contributed by atoms with Crippen molar-refractivity contribution in [2.24, 2.45) is 0 Å². The number of aromatic carboxylic acids is 1. The molecule has 0 aliphatic heterocycles. The van der Waals surface area contributed by atoms with E-state index in [1.54, 1.807) is 18.3 Å². The Morgan fingerprint density at radius 1 is 1.47 bits per heavy atom. The molecule has 0 fully saturated rings. The molecule has 0 amide bonds. The average molecular weight is 232 g/mol. The molecule has 2 heterocycles. The molecule has 2 rings (SSSR count). The third-order valence-electron chi connectivity index (χ3n) is 2.48. The van der Waals surface area contributed by atoms with E-state index in [0.717, 1.165) is 5.69 Å². The van der Waals surface area contributed by atoms with E-state index in [0.29, 0.717) is 23.4 Å². The van der Waals surface area contributed by atoms with Gasteiger partial charge in [-0.1, -0.05) is 12.1 Å². The van der Waals surface area contributed by atoms with E-state index in [1.165, 1.54) is 0 Å². The number of carbonyl (C=O) groups is 1. The maximum Gasteiger partial charge on any atom is 0.341 e. The van der Waals surface area contributed by atoms with Crippen LogP contribution in [-0.4, -0.2) is 21.2 Å². The number of pyridine rings is 1. The highest BCUT2D eigenvalue weighted by atomic mass is 16.5. The molecule has 2 aromatic heterocycles. The maximum atomic E-state index is 11.2. The van der Waals surface area contributed by atoms with Crippen LogP contribution in [0.3, 0.4) is 0 Å². The molecule has 0 atom stereocenters. The number of carboxylic acid groups (broad SMARTS) is 1. The molecule has 0 bridgehead atoms. The van der Waals surface area contributed by atoms with Gasteiger partial charge in [-0.2, -0.15) is 0 Å². The van der Waals surface area contributed by atoms with E-state index >= 15 is 0 Å². The van der Waals surface area contributed by atoms with E-state index in [9.17, 15) is 4.79 Å². The lowest BCUT2D eigenvalue weighted by Crippen LogP contribution is -2.01. The maximum absolute atomic E-state index is 11.2. The first-order chi connectivity index (χ1) is 8.13. The summed E-state index contributed by atoms with van der Waals surface area (Å²) in [4.78, 5) is 15.3. The summed E-state index contributed by atoms with van der Waals surface area (Å²) in [5, 5.41) is 13.0. The van der Waals surface area contributed by atoms with Crippen molar-refractivity contribution in [1.29, 1.82) is 0 Å². The highest BCUT2D eigenvalue weighted by Crippen LogP contribution is 2.25. The van der Waals surface area contributed by atoms with E-state index in [2.05, 4.69) is 10.1 Å². The van der Waals surface area contributed by atoms with Crippen LogP contribution in [0.25, 0.3) is 11.3 Å². The largest absolute Gasteiger partial charge is 0.477 e. The summed E-state index contributed by atoms with van der Waals surface area (Å²) in [6.07, 6.45) is 2.09. The fourth-order valence-electron chi connectivity index (χ4n) is 1.59. The Morgan fingerprint density at radius 2 is 2.24 bits per heavy atom. The van der Waals surface area contributed by atoms with E-state index in [1.807, 2.05) is 13.8 Å². The van der Waals surface area contributed by atoms with Gasteiger partial charge in [0.2, 0.25) is 0 Å². The number of rotatable bonds is 3. The number of nitrogens with zero attached hydrogens (tertiary/aromatic N) is 2. The minimum atomic E-state index is -1.03. The minimum Gasteiger partial charge on any atom is -0.477 e. The van der Waals surface area contributed by atoms with Crippen molar-refractivity contribution in [3.63, 3.8) is 0 Å². The molecule has 0 aliphatic rings. The van der Waals surface area contributed by atoms with Gasteiger partial charge >= 0.3 is 5.97 Å². The smallest absolute Gasteiger partial charge is 0.341 e. The molecule has 5 nitrogen and oxygen atoms in total. The molecule has 0 radical (unpaired) electrons. The van der Waals surface area contributed by atoms with Crippen molar-refractivity contribution in [1.82, 2.24) is 10.1 Å². The fraction of sp³-hybridized carbons (Fsp3) is 0.250. The first kappa shape index (κ1) is 11.3. The molecule has 1 N–H and O–H groups in total. The van der Waals surface area contributed by atoms with Gasteiger partial charge in [-0.05, 0) is 19.1 Å². The van der Waals surface area contributed by atoms with Crippen LogP contribution in [0.4, 0.5) is 0 Å². The van der Waals surface area contributed by atoms with Crippen molar-refractivity contribution >= 4 is 5.97 Å². The molecule has 0 saturated heterocycles. The first-order valence-corrected chi connectivity index (χ1v) is 5.28. The van der Waals surface area contributed by atoms with E-state index < -0.39 is 5.97 Å². The van der Waals surface area contributed by atoms with Gasteiger partial charge in [0.15, 0.2) is 5.76 Å². The van der Waals surface area contributed by atoms with Crippen LogP contribution < -0.4 is 0 Å². The Balaban J connectivity index is 2.55. The Hall–Kier alpha value is -2.17. The molecule has 2 aromatic rings. The van der Waals surface area contributed by atoms with Crippen LogP contribution in [0.2, 0.25) is 0 Å². The Morgan fingerprint density at radius 3 is 2.76 bits per heavy atom. The van der Waals surface area contributed by atoms with E-state index in [-0.39, 0.29) is 5.56 Å². The number of carboxylic acids is 1. The molecule has 0 spiro atoms. The number of aryl methyl sites for hydroxylation is 2. The second-order valence-electron chi connectivity index (χ2n) is 3.68. The fourth-order valence-corrected chi connectivity index (χ4v) is 1.59. The van der Waals surface area contributed by atoms with Gasteiger partial charge in [-0.25, -0.2) is 4.79 Å². The van der Waals surface area contributed by atoms with Gasteiger partial charge < -0.3 is 9.63 Å². The Bertz CT molecular complexity index is 543. The monoisotopic (exact) mass is 232 g/mol. The van der Waals surface area contributed by atoms with Crippen LogP contribution in [0.5, 0.6) is 0 Å². The number of hydrogen-bond donors (Lipinski definition) is 1. The van der Waals surface area contributed by atoms with Gasteiger partial charge in [0.25, 0.3) is 0 Å². The van der Waals surface area contributed by atoms with Crippen molar-refractivity contribution in [3.8, 4) is 11.3 Å². The lowest BCUT2D eigenvalue weighted by molar-refractivity contribution is 0.0695. The van der Waals surface area contributed by atoms with E-state index in [4.69, 9.17) is 9.63 Å². The Kier molecular flexibility index (Phi) is 2.91.